The molecule has 2 heterocycles. The van der Waals surface area contributed by atoms with Crippen LogP contribution in [0.1, 0.15) is 18.4 Å². The van der Waals surface area contributed by atoms with Crippen LogP contribution in [0.15, 0.2) is 65.6 Å². The number of hydrogen-bond acceptors (Lipinski definition) is 5. The summed E-state index contributed by atoms with van der Waals surface area (Å²) in [7, 11) is -2.02. The topological polar surface area (TPSA) is 66.9 Å². The highest BCUT2D eigenvalue weighted by Crippen LogP contribution is 2.44. The molecule has 2 aliphatic rings. The predicted molar refractivity (Wildman–Crippen MR) is 123 cm³/mol. The van der Waals surface area contributed by atoms with Crippen LogP contribution in [0.25, 0.3) is 6.08 Å². The first kappa shape index (κ1) is 21.9. The summed E-state index contributed by atoms with van der Waals surface area (Å²) in [6, 6.07) is 16.2. The van der Waals surface area contributed by atoms with Gasteiger partial charge in [-0.3, -0.25) is 4.79 Å². The smallest absolute Gasteiger partial charge is 0.247 e. The third-order valence-corrected chi connectivity index (χ3v) is 9.33. The lowest BCUT2D eigenvalue weighted by Gasteiger charge is -2.43. The van der Waals surface area contributed by atoms with Crippen molar-refractivity contribution in [1.82, 2.24) is 9.21 Å². The minimum Gasteiger partial charge on any atom is -0.497 e. The molecule has 4 rings (SSSR count). The van der Waals surface area contributed by atoms with Gasteiger partial charge in [0.25, 0.3) is 0 Å². The summed E-state index contributed by atoms with van der Waals surface area (Å²) < 4.78 is 32.8. The molecule has 0 unspecified atom stereocenters. The first-order valence-electron chi connectivity index (χ1n) is 10.3. The molecule has 0 radical (unpaired) electrons. The third-order valence-electron chi connectivity index (χ3n) is 5.86. The first-order valence-corrected chi connectivity index (χ1v) is 12.7. The molecule has 2 aliphatic heterocycles. The van der Waals surface area contributed by atoms with Crippen LogP contribution < -0.4 is 4.74 Å². The molecule has 2 saturated heterocycles. The van der Waals surface area contributed by atoms with Gasteiger partial charge in [0.05, 0.1) is 16.9 Å². The number of methoxy groups -OCH3 is 1. The standard InChI is InChI=1S/C23H26N2O4S2/c1-29-20-8-10-21(11-9-20)31(27,28)24-15-13-23(14-16-24)25(17-18-30-23)22(26)12-7-19-5-3-2-4-6-19/h2-12H,13-18H2,1H3/b12-7+. The summed E-state index contributed by atoms with van der Waals surface area (Å²) >= 11 is 1.77. The number of ether oxygens (including phenoxy) is 1. The molecule has 1 spiro atoms. The molecule has 0 saturated carbocycles. The van der Waals surface area contributed by atoms with Crippen LogP contribution in [-0.2, 0) is 14.8 Å². The maximum Gasteiger partial charge on any atom is 0.247 e. The van der Waals surface area contributed by atoms with Gasteiger partial charge in [-0.1, -0.05) is 30.3 Å². The van der Waals surface area contributed by atoms with Crippen LogP contribution in [0.5, 0.6) is 5.75 Å². The number of piperidine rings is 1. The zero-order valence-electron chi connectivity index (χ0n) is 17.4. The highest BCUT2D eigenvalue weighted by Gasteiger charge is 2.47. The van der Waals surface area contributed by atoms with E-state index >= 15 is 0 Å². The number of amides is 1. The van der Waals surface area contributed by atoms with Gasteiger partial charge in [0.15, 0.2) is 0 Å². The van der Waals surface area contributed by atoms with E-state index in [-0.39, 0.29) is 15.7 Å². The highest BCUT2D eigenvalue weighted by atomic mass is 32.2. The van der Waals surface area contributed by atoms with E-state index in [0.717, 1.165) is 11.3 Å². The highest BCUT2D eigenvalue weighted by molar-refractivity contribution is 8.00. The number of carbonyl (C=O) groups excluding carboxylic acids is 1. The SMILES string of the molecule is COc1ccc(S(=O)(=O)N2CCC3(CC2)SCCN3C(=O)/C=C/c2ccccc2)cc1. The summed E-state index contributed by atoms with van der Waals surface area (Å²) in [5.74, 6) is 1.48. The van der Waals surface area contributed by atoms with Crippen LogP contribution in [-0.4, -0.2) is 60.9 Å². The Kier molecular flexibility index (Phi) is 6.41. The Bertz CT molecular complexity index is 1040. The number of sulfonamides is 1. The zero-order chi connectivity index (χ0) is 21.9. The average Bonchev–Trinajstić information content (AvgIpc) is 3.21. The molecule has 6 nitrogen and oxygen atoms in total. The molecule has 0 bridgehead atoms. The van der Waals surface area contributed by atoms with Crippen molar-refractivity contribution in [3.8, 4) is 5.75 Å². The van der Waals surface area contributed by atoms with E-state index in [2.05, 4.69) is 0 Å². The fourth-order valence-corrected chi connectivity index (χ4v) is 7.03. The van der Waals surface area contributed by atoms with E-state index in [1.54, 1.807) is 49.2 Å². The Morgan fingerprint density at radius 1 is 1.03 bits per heavy atom. The average molecular weight is 459 g/mol. The van der Waals surface area contributed by atoms with Crippen molar-refractivity contribution in [2.45, 2.75) is 22.6 Å². The monoisotopic (exact) mass is 458 g/mol. The summed E-state index contributed by atoms with van der Waals surface area (Å²) in [6.07, 6.45) is 4.71. The lowest BCUT2D eigenvalue weighted by atomic mass is 10.0. The number of rotatable bonds is 5. The van der Waals surface area contributed by atoms with Crippen LogP contribution in [0, 0.1) is 0 Å². The fraction of sp³-hybridized carbons (Fsp3) is 0.348. The van der Waals surface area contributed by atoms with Crippen molar-refractivity contribution < 1.29 is 17.9 Å². The van der Waals surface area contributed by atoms with Gasteiger partial charge < -0.3 is 9.64 Å². The second kappa shape index (κ2) is 9.06. The van der Waals surface area contributed by atoms with Gasteiger partial charge in [-0.2, -0.15) is 4.31 Å². The summed E-state index contributed by atoms with van der Waals surface area (Å²) in [5, 5.41) is 0. The molecule has 2 aromatic carbocycles. The molecule has 31 heavy (non-hydrogen) atoms. The summed E-state index contributed by atoms with van der Waals surface area (Å²) in [4.78, 5) is 14.8. The molecule has 8 heteroatoms. The van der Waals surface area contributed by atoms with Gasteiger partial charge in [-0.05, 0) is 48.7 Å². The number of thioether (sulfide) groups is 1. The number of carbonyl (C=O) groups is 1. The zero-order valence-corrected chi connectivity index (χ0v) is 19.1. The lowest BCUT2D eigenvalue weighted by Crippen LogP contribution is -2.53. The Balaban J connectivity index is 1.44. The van der Waals surface area contributed by atoms with Crippen LogP contribution >= 0.6 is 11.8 Å². The predicted octanol–water partition coefficient (Wildman–Crippen LogP) is 3.46. The molecule has 0 aromatic heterocycles. The van der Waals surface area contributed by atoms with Crippen molar-refractivity contribution in [2.24, 2.45) is 0 Å². The Labute approximate surface area is 187 Å². The molecule has 1 amide bonds. The van der Waals surface area contributed by atoms with E-state index in [1.807, 2.05) is 41.3 Å². The number of nitrogens with zero attached hydrogens (tertiary/aromatic N) is 2. The van der Waals surface area contributed by atoms with Crippen molar-refractivity contribution in [3.63, 3.8) is 0 Å². The molecule has 0 N–H and O–H groups in total. The third kappa shape index (κ3) is 4.51. The van der Waals surface area contributed by atoms with E-state index in [0.29, 0.717) is 38.2 Å². The Hall–Kier alpha value is -2.29. The summed E-state index contributed by atoms with van der Waals surface area (Å²) in [6.45, 7) is 1.48. The lowest BCUT2D eigenvalue weighted by molar-refractivity contribution is -0.129. The number of benzene rings is 2. The Morgan fingerprint density at radius 3 is 2.35 bits per heavy atom. The van der Waals surface area contributed by atoms with Crippen molar-refractivity contribution in [1.29, 1.82) is 0 Å². The van der Waals surface area contributed by atoms with Gasteiger partial charge >= 0.3 is 0 Å². The quantitative estimate of drug-likeness (QED) is 0.642. The summed E-state index contributed by atoms with van der Waals surface area (Å²) in [5.41, 5.74) is 0.983. The van der Waals surface area contributed by atoms with Gasteiger partial charge in [-0.15, -0.1) is 11.8 Å². The van der Waals surface area contributed by atoms with Gasteiger partial charge in [0, 0.05) is 31.5 Å². The molecular weight excluding hydrogens is 432 g/mol. The molecule has 2 aromatic rings. The van der Waals surface area contributed by atoms with Crippen molar-refractivity contribution in [2.75, 3.05) is 32.5 Å². The van der Waals surface area contributed by atoms with Crippen LogP contribution in [0.2, 0.25) is 0 Å². The largest absolute Gasteiger partial charge is 0.497 e. The maximum absolute atomic E-state index is 13.1. The van der Waals surface area contributed by atoms with Crippen LogP contribution in [0.3, 0.4) is 0 Å². The van der Waals surface area contributed by atoms with E-state index in [9.17, 15) is 13.2 Å². The van der Waals surface area contributed by atoms with E-state index < -0.39 is 10.0 Å². The second-order valence-electron chi connectivity index (χ2n) is 7.61. The molecule has 2 fully saturated rings. The minimum atomic E-state index is -3.57. The number of hydrogen-bond donors (Lipinski definition) is 0. The maximum atomic E-state index is 13.1. The Morgan fingerprint density at radius 2 is 1.71 bits per heavy atom. The van der Waals surface area contributed by atoms with E-state index in [1.165, 1.54) is 4.31 Å². The second-order valence-corrected chi connectivity index (χ2v) is 11.0. The van der Waals surface area contributed by atoms with Gasteiger partial charge in [0.2, 0.25) is 15.9 Å². The van der Waals surface area contributed by atoms with Gasteiger partial charge in [0.1, 0.15) is 5.75 Å². The minimum absolute atomic E-state index is 0.0136. The molecular formula is C23H26N2O4S2. The molecule has 0 aliphatic carbocycles. The van der Waals surface area contributed by atoms with Crippen molar-refractivity contribution in [3.05, 3.63) is 66.2 Å². The first-order chi connectivity index (χ1) is 14.9. The molecule has 164 valence electrons. The molecule has 0 atom stereocenters. The fourth-order valence-electron chi connectivity index (χ4n) is 4.13. The van der Waals surface area contributed by atoms with Crippen LogP contribution in [0.4, 0.5) is 0 Å². The normalized spacial score (nSPS) is 19.2. The van der Waals surface area contributed by atoms with Gasteiger partial charge in [-0.25, -0.2) is 8.42 Å². The van der Waals surface area contributed by atoms with E-state index in [4.69, 9.17) is 4.74 Å². The van der Waals surface area contributed by atoms with Crippen molar-refractivity contribution >= 4 is 33.8 Å².